The van der Waals surface area contributed by atoms with Gasteiger partial charge in [-0.3, -0.25) is 19.7 Å². The van der Waals surface area contributed by atoms with Gasteiger partial charge in [0.05, 0.1) is 11.3 Å². The van der Waals surface area contributed by atoms with Gasteiger partial charge < -0.3 is 4.74 Å². The number of hydrogen-bond donors (Lipinski definition) is 0. The van der Waals surface area contributed by atoms with E-state index in [1.807, 2.05) is 0 Å². The molecule has 0 radical (unpaired) electrons. The molecule has 0 aliphatic heterocycles. The number of esters is 1. The van der Waals surface area contributed by atoms with Gasteiger partial charge in [0.15, 0.2) is 12.4 Å². The Hall–Kier alpha value is -2.73. The number of hydrogen-bond acceptors (Lipinski definition) is 5. The van der Waals surface area contributed by atoms with E-state index in [1.54, 1.807) is 24.3 Å². The molecule has 0 fully saturated rings. The highest BCUT2D eigenvalue weighted by molar-refractivity contribution is 6.30. The van der Waals surface area contributed by atoms with Gasteiger partial charge in [-0.1, -0.05) is 23.7 Å². The lowest BCUT2D eigenvalue weighted by atomic mass is 10.1. The van der Waals surface area contributed by atoms with Gasteiger partial charge in [-0.15, -0.1) is 0 Å². The van der Waals surface area contributed by atoms with Crippen LogP contribution in [0.3, 0.4) is 0 Å². The second kappa shape index (κ2) is 7.51. The first kappa shape index (κ1) is 16.6. The second-order valence-electron chi connectivity index (χ2n) is 4.69. The zero-order valence-electron chi connectivity index (χ0n) is 11.9. The average molecular weight is 334 g/mol. The van der Waals surface area contributed by atoms with Crippen LogP contribution >= 0.6 is 11.6 Å². The predicted octanol–water partition coefficient (Wildman–Crippen LogP) is 3.22. The quantitative estimate of drug-likeness (QED) is 0.350. The smallest absolute Gasteiger partial charge is 0.310 e. The molecule has 0 aliphatic carbocycles. The fourth-order valence-electron chi connectivity index (χ4n) is 1.86. The summed E-state index contributed by atoms with van der Waals surface area (Å²) in [5.41, 5.74) is 0.816. The zero-order valence-corrected chi connectivity index (χ0v) is 12.7. The Balaban J connectivity index is 1.88. The lowest BCUT2D eigenvalue weighted by Crippen LogP contribution is -2.15. The molecule has 0 aliphatic rings. The van der Waals surface area contributed by atoms with Gasteiger partial charge in [-0.25, -0.2) is 0 Å². The van der Waals surface area contributed by atoms with Gasteiger partial charge in [0, 0.05) is 22.7 Å². The van der Waals surface area contributed by atoms with E-state index in [9.17, 15) is 19.7 Å². The van der Waals surface area contributed by atoms with Crippen LogP contribution in [0, 0.1) is 10.1 Å². The van der Waals surface area contributed by atoms with E-state index in [2.05, 4.69) is 0 Å². The van der Waals surface area contributed by atoms with E-state index in [4.69, 9.17) is 16.3 Å². The number of nitro groups is 1. The van der Waals surface area contributed by atoms with E-state index >= 15 is 0 Å². The van der Waals surface area contributed by atoms with Crippen LogP contribution in [0.4, 0.5) is 5.69 Å². The minimum Gasteiger partial charge on any atom is -0.457 e. The van der Waals surface area contributed by atoms with Crippen molar-refractivity contribution in [2.45, 2.75) is 6.42 Å². The van der Waals surface area contributed by atoms with Crippen molar-refractivity contribution >= 4 is 29.0 Å². The summed E-state index contributed by atoms with van der Waals surface area (Å²) >= 11 is 5.82. The van der Waals surface area contributed by atoms with Crippen LogP contribution in [0.1, 0.15) is 15.9 Å². The number of Topliss-reactive ketones (excluding diaryl/α,β-unsaturated/α-hetero) is 1. The Morgan fingerprint density at radius 2 is 1.83 bits per heavy atom. The van der Waals surface area contributed by atoms with Crippen LogP contribution in [-0.2, 0) is 16.0 Å². The first-order valence-electron chi connectivity index (χ1n) is 6.63. The molecule has 2 aromatic carbocycles. The molecule has 0 aromatic heterocycles. The van der Waals surface area contributed by atoms with Gasteiger partial charge in [0.2, 0.25) is 0 Å². The van der Waals surface area contributed by atoms with Crippen LogP contribution in [0.2, 0.25) is 5.02 Å². The fourth-order valence-corrected chi connectivity index (χ4v) is 2.08. The number of nitro benzene ring substituents is 1. The summed E-state index contributed by atoms with van der Waals surface area (Å²) in [4.78, 5) is 33.5. The molecule has 7 heteroatoms. The Bertz CT molecular complexity index is 742. The summed E-state index contributed by atoms with van der Waals surface area (Å²) < 4.78 is 4.91. The number of carbonyl (C=O) groups excluding carboxylic acids is 2. The molecule has 0 unspecified atom stereocenters. The van der Waals surface area contributed by atoms with Crippen molar-refractivity contribution in [2.75, 3.05) is 6.61 Å². The van der Waals surface area contributed by atoms with Crippen LogP contribution in [0.15, 0.2) is 48.5 Å². The average Bonchev–Trinajstić information content (AvgIpc) is 2.52. The van der Waals surface area contributed by atoms with E-state index in [0.717, 1.165) is 0 Å². The summed E-state index contributed by atoms with van der Waals surface area (Å²) in [5, 5.41) is 11.0. The molecular weight excluding hydrogens is 322 g/mol. The minimum absolute atomic E-state index is 0.00804. The molecule has 0 atom stereocenters. The Kier molecular flexibility index (Phi) is 5.43. The van der Waals surface area contributed by atoms with Crippen LogP contribution in [-0.4, -0.2) is 23.3 Å². The SMILES string of the molecule is O=C(Cc1cccc(Cl)c1)OCC(=O)c1ccc([N+](=O)[O-])cc1. The lowest BCUT2D eigenvalue weighted by molar-refractivity contribution is -0.384. The lowest BCUT2D eigenvalue weighted by Gasteiger charge is -2.05. The maximum Gasteiger partial charge on any atom is 0.310 e. The molecule has 0 bridgehead atoms. The molecule has 2 aromatic rings. The number of halogens is 1. The third-order valence-electron chi connectivity index (χ3n) is 3.00. The van der Waals surface area contributed by atoms with E-state index in [0.29, 0.717) is 10.6 Å². The van der Waals surface area contributed by atoms with Crippen LogP contribution < -0.4 is 0 Å². The number of benzene rings is 2. The number of non-ortho nitro benzene ring substituents is 1. The largest absolute Gasteiger partial charge is 0.457 e. The molecule has 0 spiro atoms. The molecule has 0 heterocycles. The van der Waals surface area contributed by atoms with Crippen molar-refractivity contribution in [3.63, 3.8) is 0 Å². The maximum absolute atomic E-state index is 11.9. The molecule has 23 heavy (non-hydrogen) atoms. The standard InChI is InChI=1S/C16H12ClNO5/c17-13-3-1-2-11(8-13)9-16(20)23-10-15(19)12-4-6-14(7-5-12)18(21)22/h1-8H,9-10H2. The highest BCUT2D eigenvalue weighted by Crippen LogP contribution is 2.13. The molecule has 0 saturated carbocycles. The highest BCUT2D eigenvalue weighted by atomic mass is 35.5. The first-order chi connectivity index (χ1) is 11.0. The summed E-state index contributed by atoms with van der Waals surface area (Å²) in [6.45, 7) is -0.419. The van der Waals surface area contributed by atoms with Crippen molar-refractivity contribution in [2.24, 2.45) is 0 Å². The maximum atomic E-state index is 11.9. The number of ether oxygens (including phenoxy) is 1. The minimum atomic E-state index is -0.556. The molecule has 118 valence electrons. The monoisotopic (exact) mass is 333 g/mol. The number of carbonyl (C=O) groups is 2. The molecule has 0 N–H and O–H groups in total. The van der Waals surface area contributed by atoms with Gasteiger partial charge in [-0.2, -0.15) is 0 Å². The Morgan fingerprint density at radius 3 is 2.43 bits per heavy atom. The molecule has 6 nitrogen and oxygen atoms in total. The summed E-state index contributed by atoms with van der Waals surface area (Å²) in [5.74, 6) is -0.984. The normalized spacial score (nSPS) is 10.1. The summed E-state index contributed by atoms with van der Waals surface area (Å²) in [7, 11) is 0. The van der Waals surface area contributed by atoms with Crippen molar-refractivity contribution in [3.05, 3.63) is 74.8 Å². The van der Waals surface area contributed by atoms with Gasteiger partial charge in [0.1, 0.15) is 0 Å². The van der Waals surface area contributed by atoms with Crippen molar-refractivity contribution in [1.29, 1.82) is 0 Å². The fraction of sp³-hybridized carbons (Fsp3) is 0.125. The van der Waals surface area contributed by atoms with Gasteiger partial charge in [0.25, 0.3) is 5.69 Å². The summed E-state index contributed by atoms with van der Waals surface area (Å²) in [6.07, 6.45) is 0.00804. The van der Waals surface area contributed by atoms with Crippen molar-refractivity contribution in [3.8, 4) is 0 Å². The van der Waals surface area contributed by atoms with Crippen LogP contribution in [0.25, 0.3) is 0 Å². The van der Waals surface area contributed by atoms with Gasteiger partial charge in [-0.05, 0) is 29.8 Å². The third kappa shape index (κ3) is 4.89. The van der Waals surface area contributed by atoms with Crippen LogP contribution in [0.5, 0.6) is 0 Å². The van der Waals surface area contributed by atoms with Crippen molar-refractivity contribution in [1.82, 2.24) is 0 Å². The Morgan fingerprint density at radius 1 is 1.13 bits per heavy atom. The number of nitrogens with zero attached hydrogens (tertiary/aromatic N) is 1. The topological polar surface area (TPSA) is 86.5 Å². The molecule has 2 rings (SSSR count). The number of rotatable bonds is 6. The number of ketones is 1. The first-order valence-corrected chi connectivity index (χ1v) is 7.01. The Labute approximate surface area is 136 Å². The van der Waals surface area contributed by atoms with E-state index in [-0.39, 0.29) is 17.7 Å². The highest BCUT2D eigenvalue weighted by Gasteiger charge is 2.12. The van der Waals surface area contributed by atoms with E-state index < -0.39 is 23.3 Å². The van der Waals surface area contributed by atoms with Crippen molar-refractivity contribution < 1.29 is 19.2 Å². The van der Waals surface area contributed by atoms with E-state index in [1.165, 1.54) is 24.3 Å². The molecular formula is C16H12ClNO5. The zero-order chi connectivity index (χ0) is 16.8. The molecule has 0 saturated heterocycles. The second-order valence-corrected chi connectivity index (χ2v) is 5.13. The third-order valence-corrected chi connectivity index (χ3v) is 3.24. The molecule has 0 amide bonds. The van der Waals surface area contributed by atoms with Gasteiger partial charge >= 0.3 is 5.97 Å². The predicted molar refractivity (Wildman–Crippen MR) is 83.5 cm³/mol. The summed E-state index contributed by atoms with van der Waals surface area (Å²) in [6, 6.07) is 11.9.